The van der Waals surface area contributed by atoms with Crippen molar-refractivity contribution in [1.29, 1.82) is 0 Å². The van der Waals surface area contributed by atoms with Crippen LogP contribution >= 0.6 is 23.8 Å². The van der Waals surface area contributed by atoms with Crippen LogP contribution in [-0.4, -0.2) is 36.9 Å². The molecule has 0 aliphatic heterocycles. The van der Waals surface area contributed by atoms with Crippen LogP contribution in [0.25, 0.3) is 11.4 Å². The minimum absolute atomic E-state index is 0.164. The van der Waals surface area contributed by atoms with Gasteiger partial charge < -0.3 is 4.57 Å². The molecule has 0 amide bonds. The summed E-state index contributed by atoms with van der Waals surface area (Å²) in [5.74, 6) is 0.458. The van der Waals surface area contributed by atoms with Crippen LogP contribution in [0.1, 0.15) is 5.56 Å². The predicted molar refractivity (Wildman–Crippen MR) is 112 cm³/mol. The van der Waals surface area contributed by atoms with E-state index >= 15 is 0 Å². The fraction of sp³-hybridized carbons (Fsp3) is 0.263. The van der Waals surface area contributed by atoms with Gasteiger partial charge in [0.25, 0.3) is 5.69 Å². The zero-order chi connectivity index (χ0) is 22.8. The Morgan fingerprint density at radius 2 is 1.84 bits per heavy atom. The Morgan fingerprint density at radius 1 is 1.19 bits per heavy atom. The normalized spacial score (nSPS) is 11.8. The van der Waals surface area contributed by atoms with Crippen LogP contribution in [-0.2, 0) is 20.3 Å². The summed E-state index contributed by atoms with van der Waals surface area (Å²) in [5.41, 5.74) is 0.607. The maximum Gasteiger partial charge on any atom is 0.401 e. The Morgan fingerprint density at radius 3 is 2.45 bits per heavy atom. The summed E-state index contributed by atoms with van der Waals surface area (Å²) in [7, 11) is 1.66. The number of nitro benzene ring substituents is 1. The lowest BCUT2D eigenvalue weighted by atomic mass is 10.1. The summed E-state index contributed by atoms with van der Waals surface area (Å²) in [6.07, 6.45) is -4.51. The third kappa shape index (κ3) is 5.69. The van der Waals surface area contributed by atoms with Crippen LogP contribution in [0.5, 0.6) is 0 Å². The monoisotopic (exact) mass is 471 g/mol. The topological polar surface area (TPSA) is 69.1 Å². The first-order valence-corrected chi connectivity index (χ1v) is 9.75. The highest BCUT2D eigenvalue weighted by atomic mass is 35.5. The van der Waals surface area contributed by atoms with E-state index in [1.807, 2.05) is 0 Å². The van der Waals surface area contributed by atoms with Crippen molar-refractivity contribution in [3.05, 3.63) is 74.0 Å². The predicted octanol–water partition coefficient (Wildman–Crippen LogP) is 5.20. The molecule has 3 rings (SSSR count). The summed E-state index contributed by atoms with van der Waals surface area (Å²) in [6, 6.07) is 12.5. The third-order valence-corrected chi connectivity index (χ3v) is 5.20. The van der Waals surface area contributed by atoms with Gasteiger partial charge in [-0.25, -0.2) is 4.68 Å². The van der Waals surface area contributed by atoms with Crippen molar-refractivity contribution in [3.8, 4) is 11.4 Å². The second-order valence-electron chi connectivity index (χ2n) is 6.80. The van der Waals surface area contributed by atoms with E-state index in [9.17, 15) is 23.3 Å². The number of halogens is 4. The molecule has 0 saturated carbocycles. The zero-order valence-corrected chi connectivity index (χ0v) is 17.8. The van der Waals surface area contributed by atoms with Gasteiger partial charge in [-0.3, -0.25) is 15.0 Å². The second-order valence-corrected chi connectivity index (χ2v) is 7.60. The van der Waals surface area contributed by atoms with Crippen LogP contribution < -0.4 is 0 Å². The van der Waals surface area contributed by atoms with Crippen LogP contribution in [0.3, 0.4) is 0 Å². The van der Waals surface area contributed by atoms with E-state index in [0.717, 1.165) is 4.90 Å². The van der Waals surface area contributed by atoms with Gasteiger partial charge in [0.1, 0.15) is 0 Å². The lowest BCUT2D eigenvalue weighted by molar-refractivity contribution is -0.385. The van der Waals surface area contributed by atoms with Crippen molar-refractivity contribution in [2.75, 3.05) is 6.54 Å². The lowest BCUT2D eigenvalue weighted by Crippen LogP contribution is -2.35. The summed E-state index contributed by atoms with van der Waals surface area (Å²) in [5, 5.41) is 16.1. The van der Waals surface area contributed by atoms with E-state index in [-0.39, 0.29) is 29.2 Å². The lowest BCUT2D eigenvalue weighted by Gasteiger charge is -2.23. The molecule has 0 unspecified atom stereocenters. The molecule has 0 spiro atoms. The molecule has 2 aromatic carbocycles. The van der Waals surface area contributed by atoms with Gasteiger partial charge in [-0.2, -0.15) is 18.3 Å². The molecular formula is C19H17ClF3N5O2S. The first kappa shape index (κ1) is 22.9. The van der Waals surface area contributed by atoms with Crippen LogP contribution in [0.15, 0.2) is 48.5 Å². The molecule has 0 radical (unpaired) electrons. The molecule has 3 aromatic rings. The van der Waals surface area contributed by atoms with Gasteiger partial charge in [0.05, 0.1) is 18.1 Å². The average molecular weight is 472 g/mol. The highest BCUT2D eigenvalue weighted by Crippen LogP contribution is 2.24. The quantitative estimate of drug-likeness (QED) is 0.269. The molecule has 7 nitrogen and oxygen atoms in total. The second kappa shape index (κ2) is 9.16. The van der Waals surface area contributed by atoms with Crippen molar-refractivity contribution in [3.63, 3.8) is 0 Å². The van der Waals surface area contributed by atoms with E-state index < -0.39 is 17.6 Å². The van der Waals surface area contributed by atoms with Gasteiger partial charge in [-0.05, 0) is 36.5 Å². The molecule has 12 heteroatoms. The number of hydrogen-bond donors (Lipinski definition) is 0. The molecule has 1 aromatic heterocycles. The third-order valence-electron chi connectivity index (χ3n) is 4.46. The van der Waals surface area contributed by atoms with E-state index in [1.165, 1.54) is 22.9 Å². The number of nitro groups is 1. The molecule has 31 heavy (non-hydrogen) atoms. The molecule has 0 atom stereocenters. The summed E-state index contributed by atoms with van der Waals surface area (Å²) < 4.78 is 42.7. The van der Waals surface area contributed by atoms with Gasteiger partial charge in [0, 0.05) is 35.8 Å². The van der Waals surface area contributed by atoms with Crippen molar-refractivity contribution in [1.82, 2.24) is 19.2 Å². The Bertz CT molecular complexity index is 1140. The highest BCUT2D eigenvalue weighted by molar-refractivity contribution is 7.71. The molecule has 0 fully saturated rings. The number of alkyl halides is 3. The first-order chi connectivity index (χ1) is 14.5. The Hall–Kier alpha value is -2.76. The van der Waals surface area contributed by atoms with Crippen molar-refractivity contribution < 1.29 is 18.1 Å². The number of hydrogen-bond acceptors (Lipinski definition) is 5. The zero-order valence-electron chi connectivity index (χ0n) is 16.2. The van der Waals surface area contributed by atoms with Gasteiger partial charge >= 0.3 is 6.18 Å². The molecular weight excluding hydrogens is 455 g/mol. The molecule has 0 bridgehead atoms. The van der Waals surface area contributed by atoms with E-state index in [2.05, 4.69) is 5.10 Å². The van der Waals surface area contributed by atoms with Crippen LogP contribution in [0.2, 0.25) is 5.02 Å². The number of nitrogens with zero attached hydrogens (tertiary/aromatic N) is 5. The van der Waals surface area contributed by atoms with Gasteiger partial charge in [-0.1, -0.05) is 29.8 Å². The number of aromatic nitrogens is 3. The fourth-order valence-electron chi connectivity index (χ4n) is 3.09. The average Bonchev–Trinajstić information content (AvgIpc) is 2.96. The summed E-state index contributed by atoms with van der Waals surface area (Å²) in [4.78, 5) is 11.6. The van der Waals surface area contributed by atoms with Gasteiger partial charge in [-0.15, -0.1) is 0 Å². The van der Waals surface area contributed by atoms with E-state index in [4.69, 9.17) is 23.8 Å². The Kier molecular flexibility index (Phi) is 6.77. The highest BCUT2D eigenvalue weighted by Gasteiger charge is 2.32. The SMILES string of the molecule is Cn1c(-c2ccc(Cl)cc2)nn(CN(Cc2ccccc2[N+](=O)[O-])CC(F)(F)F)c1=S. The molecule has 0 N–H and O–H groups in total. The molecule has 164 valence electrons. The molecule has 0 aliphatic carbocycles. The van der Waals surface area contributed by atoms with Gasteiger partial charge in [0.15, 0.2) is 10.6 Å². The van der Waals surface area contributed by atoms with Crippen molar-refractivity contribution in [2.24, 2.45) is 7.05 Å². The molecule has 0 saturated heterocycles. The summed E-state index contributed by atoms with van der Waals surface area (Å²) >= 11 is 11.3. The maximum absolute atomic E-state index is 13.2. The van der Waals surface area contributed by atoms with Gasteiger partial charge in [0.2, 0.25) is 0 Å². The van der Waals surface area contributed by atoms with Crippen LogP contribution in [0.4, 0.5) is 18.9 Å². The minimum Gasteiger partial charge on any atom is -0.303 e. The largest absolute Gasteiger partial charge is 0.401 e. The van der Waals surface area contributed by atoms with E-state index in [1.54, 1.807) is 41.9 Å². The van der Waals surface area contributed by atoms with Crippen LogP contribution in [0, 0.1) is 14.9 Å². The number of para-hydroxylation sites is 1. The Balaban J connectivity index is 1.94. The van der Waals surface area contributed by atoms with Crippen molar-refractivity contribution >= 4 is 29.5 Å². The Labute approximate surface area is 185 Å². The molecule has 0 aliphatic rings. The number of benzene rings is 2. The first-order valence-electron chi connectivity index (χ1n) is 8.96. The van der Waals surface area contributed by atoms with Crippen molar-refractivity contribution in [2.45, 2.75) is 19.4 Å². The maximum atomic E-state index is 13.2. The smallest absolute Gasteiger partial charge is 0.303 e. The minimum atomic E-state index is -4.51. The number of rotatable bonds is 7. The molecule has 1 heterocycles. The summed E-state index contributed by atoms with van der Waals surface area (Å²) in [6.45, 7) is -1.88. The van der Waals surface area contributed by atoms with E-state index in [0.29, 0.717) is 16.4 Å². The standard InChI is InChI=1S/C19H17ClF3N5O2S/c1-25-17(13-6-8-15(20)9-7-13)24-27(18(25)31)12-26(11-19(21,22)23)10-14-4-2-3-5-16(14)28(29)30/h2-9H,10-12H2,1H3. The fourth-order valence-corrected chi connectivity index (χ4v) is 3.40.